The van der Waals surface area contributed by atoms with Crippen molar-refractivity contribution in [2.75, 3.05) is 0 Å². The molecule has 3 aromatic heterocycles. The van der Waals surface area contributed by atoms with E-state index in [-0.39, 0.29) is 21.5 Å². The summed E-state index contributed by atoms with van der Waals surface area (Å²) in [5, 5.41) is 3.10. The molecule has 178 valence electrons. The Balaban J connectivity index is 1.14. The Bertz CT molecular complexity index is 1470. The van der Waals surface area contributed by atoms with Gasteiger partial charge in [0.15, 0.2) is 10.9 Å². The van der Waals surface area contributed by atoms with Crippen LogP contribution in [-0.4, -0.2) is 31.0 Å². The number of nitrogens with one attached hydrogen (secondary N) is 2. The van der Waals surface area contributed by atoms with E-state index in [2.05, 4.69) is 15.3 Å². The van der Waals surface area contributed by atoms with Crippen LogP contribution in [0.15, 0.2) is 50.5 Å². The molecule has 0 radical (unpaired) electrons. The van der Waals surface area contributed by atoms with Crippen molar-refractivity contribution >= 4 is 38.5 Å². The van der Waals surface area contributed by atoms with Crippen LogP contribution in [0.2, 0.25) is 5.02 Å². The van der Waals surface area contributed by atoms with Crippen LogP contribution in [0, 0.1) is 10.2 Å². The van der Waals surface area contributed by atoms with Gasteiger partial charge >= 0.3 is 0 Å². The second-order valence-corrected chi connectivity index (χ2v) is 12.5. The summed E-state index contributed by atoms with van der Waals surface area (Å²) in [6, 6.07) is 4.55. The number of nitrogens with two attached hydrogens (primary N) is 2. The van der Waals surface area contributed by atoms with E-state index in [1.165, 1.54) is 18.3 Å². The van der Waals surface area contributed by atoms with Gasteiger partial charge in [-0.15, -0.1) is 0 Å². The molecule has 1 amide bonds. The number of halogens is 1. The number of nitrogens with zero attached hydrogens (tertiary/aromatic N) is 2. The number of oxazole rings is 1. The van der Waals surface area contributed by atoms with E-state index in [0.29, 0.717) is 41.4 Å². The number of aromatic nitrogens is 2. The summed E-state index contributed by atoms with van der Waals surface area (Å²) in [6.45, 7) is 0. The number of hydrogen-bond donors (Lipinski definition) is 4. The Morgan fingerprint density at radius 1 is 1.21 bits per heavy atom. The first kappa shape index (κ1) is 21.8. The van der Waals surface area contributed by atoms with Gasteiger partial charge in [-0.1, -0.05) is 17.7 Å². The van der Waals surface area contributed by atoms with Gasteiger partial charge < -0.3 is 25.6 Å². The molecule has 6 N–H and O–H groups in total. The van der Waals surface area contributed by atoms with Crippen LogP contribution in [0.4, 0.5) is 0 Å². The van der Waals surface area contributed by atoms with Crippen molar-refractivity contribution in [3.8, 4) is 0 Å². The van der Waals surface area contributed by atoms with E-state index < -0.39 is 26.8 Å². The van der Waals surface area contributed by atoms with Gasteiger partial charge in [0, 0.05) is 6.20 Å². The lowest BCUT2D eigenvalue weighted by molar-refractivity contribution is 0.0355. The lowest BCUT2D eigenvalue weighted by atomic mass is 9.57. The zero-order valence-corrected chi connectivity index (χ0v) is 19.6. The number of pyridine rings is 1. The maximum Gasteiger partial charge on any atom is 0.288 e. The fraction of sp³-hybridized carbons (Fsp3) is 0.409. The number of carbonyl (C=O) groups is 1. The topological polar surface area (TPSA) is 174 Å². The molecule has 3 aliphatic rings. The SMILES string of the molecule is N=[S@](=O)(c1ccc(C(=O)N[C@@]2(N)C=C[C@]3(C2)C[C@](N)(c2nc4cc(Cl)cnc4o2)C3)o1)C1CC1. The Morgan fingerprint density at radius 3 is 2.71 bits per heavy atom. The number of carbonyl (C=O) groups excluding carboxylic acids is 1. The average molecular weight is 503 g/mol. The molecular formula is C22H23ClN6O4S. The molecule has 3 aliphatic carbocycles. The van der Waals surface area contributed by atoms with Crippen LogP contribution in [-0.2, 0) is 15.3 Å². The highest BCUT2D eigenvalue weighted by atomic mass is 35.5. The van der Waals surface area contributed by atoms with Crippen molar-refractivity contribution in [3.05, 3.63) is 53.2 Å². The molecule has 2 fully saturated rings. The average Bonchev–Trinajstić information content (AvgIpc) is 3.19. The third-order valence-corrected chi connectivity index (χ3v) is 9.23. The van der Waals surface area contributed by atoms with Crippen LogP contribution in [0.5, 0.6) is 0 Å². The van der Waals surface area contributed by atoms with Gasteiger partial charge in [0.25, 0.3) is 5.91 Å². The van der Waals surface area contributed by atoms with E-state index in [0.717, 1.165) is 12.8 Å². The minimum absolute atomic E-state index is 0.0192. The number of allylic oxidation sites excluding steroid dienone is 1. The first-order valence-electron chi connectivity index (χ1n) is 10.9. The number of amides is 1. The standard InChI is InChI=1S/C22H23ClN6O4S/c23-12-7-14-18(27-8-12)33-19(28-14)21(24)9-20(10-21)5-6-22(25,11-20)29-17(30)15-3-4-16(32-15)34(26,31)13-1-2-13/h3-8,13,26H,1-2,9-11,24-25H2,(H,29,30)/t20-,21+,22-,34+/m0/s1. The van der Waals surface area contributed by atoms with E-state index in [1.54, 1.807) is 12.1 Å². The fourth-order valence-electron chi connectivity index (χ4n) is 5.16. The lowest BCUT2D eigenvalue weighted by Gasteiger charge is -2.51. The first-order chi connectivity index (χ1) is 16.0. The van der Waals surface area contributed by atoms with Crippen molar-refractivity contribution in [1.82, 2.24) is 15.3 Å². The third-order valence-electron chi connectivity index (χ3n) is 6.80. The van der Waals surface area contributed by atoms with Gasteiger partial charge in [0.2, 0.25) is 11.6 Å². The predicted molar refractivity (Wildman–Crippen MR) is 123 cm³/mol. The Hall–Kier alpha value is -2.73. The summed E-state index contributed by atoms with van der Waals surface area (Å²) >= 11 is 5.98. The molecule has 0 saturated heterocycles. The van der Waals surface area contributed by atoms with E-state index in [4.69, 9.17) is 36.7 Å². The summed E-state index contributed by atoms with van der Waals surface area (Å²) in [4.78, 5) is 21.4. The monoisotopic (exact) mass is 502 g/mol. The fourth-order valence-corrected chi connectivity index (χ4v) is 6.93. The summed E-state index contributed by atoms with van der Waals surface area (Å²) in [5.74, 6) is -0.150. The third kappa shape index (κ3) is 3.46. The molecule has 10 nitrogen and oxygen atoms in total. The molecule has 6 rings (SSSR count). The van der Waals surface area contributed by atoms with Gasteiger partial charge in [-0.3, -0.25) is 4.79 Å². The lowest BCUT2D eigenvalue weighted by Crippen LogP contribution is -2.59. The molecule has 0 aliphatic heterocycles. The molecule has 12 heteroatoms. The van der Waals surface area contributed by atoms with Crippen LogP contribution in [0.25, 0.3) is 11.2 Å². The van der Waals surface area contributed by atoms with Crippen molar-refractivity contribution in [2.24, 2.45) is 16.9 Å². The Morgan fingerprint density at radius 2 is 1.97 bits per heavy atom. The molecule has 0 bridgehead atoms. The second kappa shape index (κ2) is 6.91. The van der Waals surface area contributed by atoms with Crippen LogP contribution >= 0.6 is 11.6 Å². The van der Waals surface area contributed by atoms with Crippen molar-refractivity contribution in [3.63, 3.8) is 0 Å². The number of rotatable bonds is 5. The second-order valence-electron chi connectivity index (χ2n) is 9.79. The summed E-state index contributed by atoms with van der Waals surface area (Å²) in [6.07, 6.45) is 8.23. The maximum absolute atomic E-state index is 12.8. The highest BCUT2D eigenvalue weighted by Gasteiger charge is 2.59. The van der Waals surface area contributed by atoms with Gasteiger partial charge in [0.05, 0.1) is 15.8 Å². The van der Waals surface area contributed by atoms with Crippen molar-refractivity contribution in [2.45, 2.75) is 53.6 Å². The van der Waals surface area contributed by atoms with E-state index >= 15 is 0 Å². The molecule has 34 heavy (non-hydrogen) atoms. The highest BCUT2D eigenvalue weighted by Crippen LogP contribution is 2.59. The Labute approximate surface area is 200 Å². The van der Waals surface area contributed by atoms with Crippen molar-refractivity contribution < 1.29 is 17.8 Å². The molecule has 1 spiro atoms. The van der Waals surface area contributed by atoms with Gasteiger partial charge in [-0.2, -0.15) is 0 Å². The summed E-state index contributed by atoms with van der Waals surface area (Å²) < 4.78 is 31.9. The molecule has 2 saturated carbocycles. The van der Waals surface area contributed by atoms with Crippen molar-refractivity contribution in [1.29, 1.82) is 4.78 Å². The smallest absolute Gasteiger partial charge is 0.288 e. The highest BCUT2D eigenvalue weighted by molar-refractivity contribution is 7.93. The zero-order valence-electron chi connectivity index (χ0n) is 18.0. The number of furan rings is 1. The molecular weight excluding hydrogens is 480 g/mol. The zero-order chi connectivity index (χ0) is 23.9. The predicted octanol–water partition coefficient (Wildman–Crippen LogP) is 3.02. The largest absolute Gasteiger partial charge is 0.441 e. The molecule has 0 unspecified atom stereocenters. The van der Waals surface area contributed by atoms with Gasteiger partial charge in [-0.05, 0) is 61.8 Å². The van der Waals surface area contributed by atoms with Crippen LogP contribution in [0.3, 0.4) is 0 Å². The molecule has 3 aromatic rings. The van der Waals surface area contributed by atoms with E-state index in [9.17, 15) is 9.00 Å². The summed E-state index contributed by atoms with van der Waals surface area (Å²) in [7, 11) is -3.02. The molecule has 3 heterocycles. The van der Waals surface area contributed by atoms with E-state index in [1.807, 2.05) is 6.08 Å². The number of hydrogen-bond acceptors (Lipinski definition) is 9. The summed E-state index contributed by atoms with van der Waals surface area (Å²) in [5.41, 5.74) is 11.8. The number of fused-ring (bicyclic) bond motifs is 1. The van der Waals surface area contributed by atoms with Crippen LogP contribution in [0.1, 0.15) is 48.5 Å². The molecule has 0 aromatic carbocycles. The molecule has 2 atom stereocenters. The minimum Gasteiger partial charge on any atom is -0.441 e. The van der Waals surface area contributed by atoms with Gasteiger partial charge in [0.1, 0.15) is 20.9 Å². The quantitative estimate of drug-likeness (QED) is 0.304. The Kier molecular flexibility index (Phi) is 4.43. The maximum atomic E-state index is 12.8. The normalized spacial score (nSPS) is 32.1. The minimum atomic E-state index is -3.02. The van der Waals surface area contributed by atoms with Gasteiger partial charge in [-0.25, -0.2) is 19.0 Å². The first-order valence-corrected chi connectivity index (χ1v) is 12.9. The van der Waals surface area contributed by atoms with Crippen LogP contribution < -0.4 is 16.8 Å².